The van der Waals surface area contributed by atoms with Crippen LogP contribution in [0, 0.1) is 6.58 Å². The van der Waals surface area contributed by atoms with Crippen molar-refractivity contribution in [2.75, 3.05) is 0 Å². The monoisotopic (exact) mass is 207 g/mol. The third-order valence-electron chi connectivity index (χ3n) is 2.64. The molecule has 0 spiro atoms. The van der Waals surface area contributed by atoms with E-state index in [1.165, 1.54) is 57.8 Å². The molecule has 0 aromatic heterocycles. The molecular weight excluding hydrogens is 180 g/mol. The first kappa shape index (κ1) is 14.5. The fraction of sp³-hybridized carbons (Fsp3) is 0.733. The zero-order valence-corrected chi connectivity index (χ0v) is 10.4. The third kappa shape index (κ3) is 13.5. The lowest BCUT2D eigenvalue weighted by Crippen LogP contribution is -1.80. The van der Waals surface area contributed by atoms with E-state index < -0.39 is 0 Å². The molecule has 0 nitrogen and oxygen atoms in total. The molecule has 0 N–H and O–H groups in total. The molecule has 0 aromatic carbocycles. The average molecular weight is 207 g/mol. The van der Waals surface area contributed by atoms with E-state index in [0.717, 1.165) is 6.42 Å². The predicted molar refractivity (Wildman–Crippen MR) is 69.9 cm³/mol. The fourth-order valence-electron chi connectivity index (χ4n) is 1.69. The molecule has 0 aliphatic carbocycles. The quantitative estimate of drug-likeness (QED) is 0.312. The second-order valence-corrected chi connectivity index (χ2v) is 4.17. The molecule has 0 aromatic rings. The van der Waals surface area contributed by atoms with Gasteiger partial charge in [0.15, 0.2) is 0 Å². The maximum atomic E-state index is 5.32. The maximum Gasteiger partial charge on any atom is -0.0348 e. The van der Waals surface area contributed by atoms with Gasteiger partial charge in [-0.1, -0.05) is 63.8 Å². The van der Waals surface area contributed by atoms with Crippen LogP contribution in [0.5, 0.6) is 0 Å². The molecule has 1 radical (unpaired) electrons. The minimum atomic E-state index is 1.09. The molecule has 0 aliphatic heterocycles. The molecule has 15 heavy (non-hydrogen) atoms. The van der Waals surface area contributed by atoms with Crippen LogP contribution in [0.2, 0.25) is 0 Å². The van der Waals surface area contributed by atoms with Crippen LogP contribution in [0.25, 0.3) is 0 Å². The van der Waals surface area contributed by atoms with Crippen molar-refractivity contribution >= 4 is 0 Å². The van der Waals surface area contributed by atoms with E-state index in [1.807, 2.05) is 0 Å². The summed E-state index contributed by atoms with van der Waals surface area (Å²) in [6, 6.07) is 0. The zero-order valence-electron chi connectivity index (χ0n) is 10.4. The van der Waals surface area contributed by atoms with Crippen LogP contribution in [-0.2, 0) is 0 Å². The maximum absolute atomic E-state index is 5.32. The topological polar surface area (TPSA) is 0 Å². The molecule has 0 heterocycles. The molecule has 0 fully saturated rings. The lowest BCUT2D eigenvalue weighted by atomic mass is 10.1. The third-order valence-corrected chi connectivity index (χ3v) is 2.64. The summed E-state index contributed by atoms with van der Waals surface area (Å²) in [5, 5.41) is 0. The molecule has 0 saturated carbocycles. The largest absolute Gasteiger partial charge is 0.0888 e. The Balaban J connectivity index is 2.92. The van der Waals surface area contributed by atoms with Crippen LogP contribution < -0.4 is 0 Å². The molecule has 87 valence electrons. The highest BCUT2D eigenvalue weighted by atomic mass is 14.0. The first-order valence-electron chi connectivity index (χ1n) is 6.60. The Bertz CT molecular complexity index is 144. The van der Waals surface area contributed by atoms with E-state index in [4.69, 9.17) is 6.58 Å². The Labute approximate surface area is 96.5 Å². The fourth-order valence-corrected chi connectivity index (χ4v) is 1.69. The van der Waals surface area contributed by atoms with Crippen LogP contribution in [0.15, 0.2) is 18.2 Å². The van der Waals surface area contributed by atoms with Crippen molar-refractivity contribution in [1.82, 2.24) is 0 Å². The van der Waals surface area contributed by atoms with Crippen LogP contribution in [-0.4, -0.2) is 0 Å². The molecule has 0 aliphatic rings. The second kappa shape index (κ2) is 13.5. The Hall–Kier alpha value is -0.520. The van der Waals surface area contributed by atoms with Crippen molar-refractivity contribution in [1.29, 1.82) is 0 Å². The lowest BCUT2D eigenvalue weighted by molar-refractivity contribution is 0.583. The summed E-state index contributed by atoms with van der Waals surface area (Å²) < 4.78 is 0. The highest BCUT2D eigenvalue weighted by Gasteiger charge is 1.90. The smallest absolute Gasteiger partial charge is 0.0348 e. The highest BCUT2D eigenvalue weighted by Crippen LogP contribution is 2.09. The summed E-state index contributed by atoms with van der Waals surface area (Å²) in [4.78, 5) is 0. The van der Waals surface area contributed by atoms with Gasteiger partial charge in [-0.3, -0.25) is 0 Å². The van der Waals surface area contributed by atoms with E-state index >= 15 is 0 Å². The Morgan fingerprint density at radius 2 is 1.27 bits per heavy atom. The van der Waals surface area contributed by atoms with Gasteiger partial charge in [-0.05, 0) is 32.1 Å². The summed E-state index contributed by atoms with van der Waals surface area (Å²) >= 11 is 0. The molecule has 0 amide bonds. The van der Waals surface area contributed by atoms with E-state index in [9.17, 15) is 0 Å². The van der Waals surface area contributed by atoms with E-state index in [0.29, 0.717) is 0 Å². The average Bonchev–Trinajstić information content (AvgIpc) is 2.26. The summed E-state index contributed by atoms with van der Waals surface area (Å²) in [7, 11) is 0. The van der Waals surface area contributed by atoms with Crippen LogP contribution in [0.4, 0.5) is 0 Å². The van der Waals surface area contributed by atoms with Gasteiger partial charge in [-0.25, -0.2) is 0 Å². The molecule has 0 bridgehead atoms. The van der Waals surface area contributed by atoms with Gasteiger partial charge in [0.25, 0.3) is 0 Å². The number of rotatable bonds is 11. The highest BCUT2D eigenvalue weighted by molar-refractivity contribution is 4.79. The number of hydrogen-bond acceptors (Lipinski definition) is 0. The first-order valence-corrected chi connectivity index (χ1v) is 6.60. The Morgan fingerprint density at radius 3 is 1.80 bits per heavy atom. The van der Waals surface area contributed by atoms with Gasteiger partial charge in [0, 0.05) is 0 Å². The Morgan fingerprint density at radius 1 is 0.733 bits per heavy atom. The van der Waals surface area contributed by atoms with E-state index in [-0.39, 0.29) is 0 Å². The molecule has 0 rings (SSSR count). The van der Waals surface area contributed by atoms with Gasteiger partial charge in [0.05, 0.1) is 0 Å². The molecular formula is C15H27. The summed E-state index contributed by atoms with van der Waals surface area (Å²) in [6.45, 7) is 7.51. The Kier molecular flexibility index (Phi) is 13.0. The van der Waals surface area contributed by atoms with E-state index in [1.54, 1.807) is 6.08 Å². The SMILES string of the molecule is [CH]=CCCCCCCCCCC=CCC. The minimum absolute atomic E-state index is 1.09. The summed E-state index contributed by atoms with van der Waals surface area (Å²) in [6.07, 6.45) is 19.5. The first-order chi connectivity index (χ1) is 7.41. The minimum Gasteiger partial charge on any atom is -0.0888 e. The van der Waals surface area contributed by atoms with Crippen LogP contribution in [0.1, 0.15) is 71.1 Å². The summed E-state index contributed by atoms with van der Waals surface area (Å²) in [5.41, 5.74) is 0. The van der Waals surface area contributed by atoms with Crippen molar-refractivity contribution in [3.63, 3.8) is 0 Å². The number of allylic oxidation sites excluding steroid dienone is 3. The standard InChI is InChI=1S/C15H27/c1-3-5-7-9-11-13-15-14-12-10-8-6-4-2/h1,3,6,8H,4-5,7,9-15H2,2H3. The van der Waals surface area contributed by atoms with Crippen molar-refractivity contribution in [3.8, 4) is 0 Å². The number of hydrogen-bond donors (Lipinski definition) is 0. The molecule has 0 atom stereocenters. The van der Waals surface area contributed by atoms with Gasteiger partial charge in [0.2, 0.25) is 0 Å². The normalized spacial score (nSPS) is 11.0. The van der Waals surface area contributed by atoms with E-state index in [2.05, 4.69) is 19.1 Å². The lowest BCUT2D eigenvalue weighted by Gasteiger charge is -1.99. The predicted octanol–water partition coefficient (Wildman–Crippen LogP) is 5.45. The second-order valence-electron chi connectivity index (χ2n) is 4.17. The van der Waals surface area contributed by atoms with Gasteiger partial charge in [0.1, 0.15) is 0 Å². The van der Waals surface area contributed by atoms with Crippen molar-refractivity contribution in [3.05, 3.63) is 24.8 Å². The molecule has 0 unspecified atom stereocenters. The van der Waals surface area contributed by atoms with Gasteiger partial charge in [-0.2, -0.15) is 0 Å². The van der Waals surface area contributed by atoms with Gasteiger partial charge in [-0.15, -0.1) is 0 Å². The van der Waals surface area contributed by atoms with Crippen LogP contribution >= 0.6 is 0 Å². The van der Waals surface area contributed by atoms with Crippen molar-refractivity contribution in [2.45, 2.75) is 71.1 Å². The summed E-state index contributed by atoms with van der Waals surface area (Å²) in [5.74, 6) is 0. The van der Waals surface area contributed by atoms with Crippen LogP contribution in [0.3, 0.4) is 0 Å². The van der Waals surface area contributed by atoms with Gasteiger partial charge < -0.3 is 0 Å². The molecule has 0 heteroatoms. The van der Waals surface area contributed by atoms with Gasteiger partial charge >= 0.3 is 0 Å². The van der Waals surface area contributed by atoms with Crippen molar-refractivity contribution in [2.24, 2.45) is 0 Å². The number of unbranched alkanes of at least 4 members (excludes halogenated alkanes) is 8. The molecule has 0 saturated heterocycles. The van der Waals surface area contributed by atoms with Crippen molar-refractivity contribution < 1.29 is 0 Å². The zero-order chi connectivity index (χ0) is 11.2.